The summed E-state index contributed by atoms with van der Waals surface area (Å²) < 4.78 is 30.1. The number of carbonyl (C=O) groups is 1. The minimum Gasteiger partial charge on any atom is -0.469 e. The first-order valence-corrected chi connectivity index (χ1v) is 7.76. The Labute approximate surface area is 109 Å². The molecule has 18 heavy (non-hydrogen) atoms. The summed E-state index contributed by atoms with van der Waals surface area (Å²) in [6.45, 7) is 2.90. The van der Waals surface area contributed by atoms with E-state index in [1.54, 1.807) is 0 Å². The van der Waals surface area contributed by atoms with Gasteiger partial charge in [0.25, 0.3) is 0 Å². The van der Waals surface area contributed by atoms with Gasteiger partial charge in [0.15, 0.2) is 0 Å². The average molecular weight is 278 g/mol. The molecule has 0 spiro atoms. The fraction of sp³-hybridized carbons (Fsp3) is 0.909. The Bertz CT molecular complexity index is 373. The molecule has 0 aromatic rings. The molecule has 0 saturated carbocycles. The van der Waals surface area contributed by atoms with E-state index in [2.05, 4.69) is 4.74 Å². The van der Waals surface area contributed by atoms with E-state index in [1.165, 1.54) is 11.4 Å². The van der Waals surface area contributed by atoms with Gasteiger partial charge in [-0.25, -0.2) is 12.7 Å². The minimum atomic E-state index is -3.31. The van der Waals surface area contributed by atoms with Crippen LogP contribution >= 0.6 is 0 Å². The normalized spacial score (nSPS) is 25.9. The second-order valence-corrected chi connectivity index (χ2v) is 7.00. The van der Waals surface area contributed by atoms with Crippen LogP contribution in [-0.2, 0) is 19.6 Å². The van der Waals surface area contributed by atoms with Gasteiger partial charge in [0, 0.05) is 25.6 Å². The topological polar surface area (TPSA) is 89.7 Å². The number of methoxy groups -OCH3 is 1. The van der Waals surface area contributed by atoms with E-state index >= 15 is 0 Å². The highest BCUT2D eigenvalue weighted by atomic mass is 32.2. The van der Waals surface area contributed by atoms with Gasteiger partial charge in [0.2, 0.25) is 10.0 Å². The van der Waals surface area contributed by atoms with Crippen molar-refractivity contribution in [2.75, 3.05) is 26.0 Å². The van der Waals surface area contributed by atoms with E-state index in [-0.39, 0.29) is 36.5 Å². The van der Waals surface area contributed by atoms with Crippen LogP contribution in [0.3, 0.4) is 0 Å². The van der Waals surface area contributed by atoms with Crippen molar-refractivity contribution in [2.24, 2.45) is 11.7 Å². The van der Waals surface area contributed by atoms with Crippen LogP contribution in [0.25, 0.3) is 0 Å². The van der Waals surface area contributed by atoms with Crippen molar-refractivity contribution in [3.05, 3.63) is 0 Å². The maximum Gasteiger partial charge on any atom is 0.305 e. The first-order valence-electron chi connectivity index (χ1n) is 6.15. The van der Waals surface area contributed by atoms with Crippen molar-refractivity contribution < 1.29 is 17.9 Å². The molecule has 0 bridgehead atoms. The Morgan fingerprint density at radius 1 is 1.44 bits per heavy atom. The van der Waals surface area contributed by atoms with Crippen molar-refractivity contribution >= 4 is 16.0 Å². The molecule has 0 amide bonds. The monoisotopic (exact) mass is 278 g/mol. The molecule has 106 valence electrons. The number of piperidine rings is 1. The molecule has 1 aliphatic rings. The Hall–Kier alpha value is -0.660. The molecule has 7 heteroatoms. The SMILES string of the molecule is COC(=O)CCCS(=O)(=O)N1CC(C)CC(N)C1. The molecule has 1 rings (SSSR count). The molecule has 1 fully saturated rings. The molecular weight excluding hydrogens is 256 g/mol. The molecule has 0 aliphatic carbocycles. The van der Waals surface area contributed by atoms with Crippen LogP contribution in [0.2, 0.25) is 0 Å². The standard InChI is InChI=1S/C11H22N2O4S/c1-9-6-10(12)8-13(7-9)18(15,16)5-3-4-11(14)17-2/h9-10H,3-8,12H2,1-2H3. The van der Waals surface area contributed by atoms with Gasteiger partial charge in [-0.2, -0.15) is 0 Å². The highest BCUT2D eigenvalue weighted by Crippen LogP contribution is 2.18. The summed E-state index contributed by atoms with van der Waals surface area (Å²) >= 11 is 0. The zero-order chi connectivity index (χ0) is 13.8. The van der Waals surface area contributed by atoms with Crippen LogP contribution in [0, 0.1) is 5.92 Å². The van der Waals surface area contributed by atoms with Gasteiger partial charge in [-0.1, -0.05) is 6.92 Å². The number of ether oxygens (including phenoxy) is 1. The Morgan fingerprint density at radius 3 is 2.67 bits per heavy atom. The molecule has 2 N–H and O–H groups in total. The van der Waals surface area contributed by atoms with Crippen LogP contribution in [0.15, 0.2) is 0 Å². The predicted molar refractivity (Wildman–Crippen MR) is 68.4 cm³/mol. The maximum atomic E-state index is 12.1. The Balaban J connectivity index is 2.50. The molecule has 1 saturated heterocycles. The Kier molecular flexibility index (Phi) is 5.55. The van der Waals surface area contributed by atoms with E-state index in [0.29, 0.717) is 13.1 Å². The van der Waals surface area contributed by atoms with Gasteiger partial charge < -0.3 is 10.5 Å². The summed E-state index contributed by atoms with van der Waals surface area (Å²) in [6, 6.07) is -0.0934. The Morgan fingerprint density at radius 2 is 2.11 bits per heavy atom. The van der Waals surface area contributed by atoms with E-state index in [1.807, 2.05) is 6.92 Å². The van der Waals surface area contributed by atoms with Crippen LogP contribution in [-0.4, -0.2) is 50.7 Å². The van der Waals surface area contributed by atoms with Crippen molar-refractivity contribution in [2.45, 2.75) is 32.2 Å². The summed E-state index contributed by atoms with van der Waals surface area (Å²) in [5, 5.41) is 0. The lowest BCUT2D eigenvalue weighted by Gasteiger charge is -2.33. The van der Waals surface area contributed by atoms with E-state index in [9.17, 15) is 13.2 Å². The third kappa shape index (κ3) is 4.55. The van der Waals surface area contributed by atoms with Gasteiger partial charge in [-0.05, 0) is 18.8 Å². The highest BCUT2D eigenvalue weighted by molar-refractivity contribution is 7.89. The number of hydrogen-bond donors (Lipinski definition) is 1. The van der Waals surface area contributed by atoms with E-state index < -0.39 is 10.0 Å². The average Bonchev–Trinajstić information content (AvgIpc) is 2.27. The molecule has 0 aromatic carbocycles. The van der Waals surface area contributed by atoms with Gasteiger partial charge in [0.05, 0.1) is 12.9 Å². The van der Waals surface area contributed by atoms with Gasteiger partial charge in [-0.3, -0.25) is 4.79 Å². The lowest BCUT2D eigenvalue weighted by molar-refractivity contribution is -0.140. The number of nitrogens with two attached hydrogens (primary N) is 1. The van der Waals surface area contributed by atoms with Crippen LogP contribution in [0.1, 0.15) is 26.2 Å². The summed E-state index contributed by atoms with van der Waals surface area (Å²) in [4.78, 5) is 10.9. The summed E-state index contributed by atoms with van der Waals surface area (Å²) in [6.07, 6.45) is 1.27. The second kappa shape index (κ2) is 6.49. The number of sulfonamides is 1. The second-order valence-electron chi connectivity index (χ2n) is 4.91. The number of esters is 1. The summed E-state index contributed by atoms with van der Waals surface area (Å²) in [7, 11) is -2.01. The van der Waals surface area contributed by atoms with Crippen LogP contribution in [0.5, 0.6) is 0 Å². The zero-order valence-electron chi connectivity index (χ0n) is 11.0. The molecule has 0 radical (unpaired) electrons. The number of hydrogen-bond acceptors (Lipinski definition) is 5. The third-order valence-corrected chi connectivity index (χ3v) is 4.95. The van der Waals surface area contributed by atoms with Gasteiger partial charge in [-0.15, -0.1) is 0 Å². The number of nitrogens with zero attached hydrogens (tertiary/aromatic N) is 1. The zero-order valence-corrected chi connectivity index (χ0v) is 11.8. The highest BCUT2D eigenvalue weighted by Gasteiger charge is 2.30. The third-order valence-electron chi connectivity index (χ3n) is 3.06. The van der Waals surface area contributed by atoms with Crippen molar-refractivity contribution in [1.29, 1.82) is 0 Å². The molecule has 2 atom stereocenters. The molecule has 6 nitrogen and oxygen atoms in total. The quantitative estimate of drug-likeness (QED) is 0.711. The van der Waals surface area contributed by atoms with Crippen LogP contribution in [0.4, 0.5) is 0 Å². The van der Waals surface area contributed by atoms with E-state index in [4.69, 9.17) is 5.73 Å². The van der Waals surface area contributed by atoms with E-state index in [0.717, 1.165) is 6.42 Å². The largest absolute Gasteiger partial charge is 0.469 e. The van der Waals surface area contributed by atoms with Crippen molar-refractivity contribution in [3.63, 3.8) is 0 Å². The molecular formula is C11H22N2O4S. The van der Waals surface area contributed by atoms with Crippen molar-refractivity contribution in [1.82, 2.24) is 4.31 Å². The summed E-state index contributed by atoms with van der Waals surface area (Å²) in [5.74, 6) is -0.125. The fourth-order valence-corrected chi connectivity index (χ4v) is 3.87. The first-order chi connectivity index (χ1) is 8.35. The lowest BCUT2D eigenvalue weighted by Crippen LogP contribution is -2.49. The van der Waals surface area contributed by atoms with Crippen molar-refractivity contribution in [3.8, 4) is 0 Å². The van der Waals surface area contributed by atoms with Gasteiger partial charge >= 0.3 is 5.97 Å². The predicted octanol–water partition coefficient (Wildman–Crippen LogP) is -0.0615. The summed E-state index contributed by atoms with van der Waals surface area (Å²) in [5.41, 5.74) is 5.83. The fourth-order valence-electron chi connectivity index (χ4n) is 2.21. The maximum absolute atomic E-state index is 12.1. The number of rotatable bonds is 5. The lowest BCUT2D eigenvalue weighted by atomic mass is 9.99. The first kappa shape index (κ1) is 15.4. The minimum absolute atomic E-state index is 0.0263. The smallest absolute Gasteiger partial charge is 0.305 e. The molecule has 0 aromatic heterocycles. The van der Waals surface area contributed by atoms with Gasteiger partial charge in [0.1, 0.15) is 0 Å². The molecule has 1 heterocycles. The molecule has 2 unspecified atom stereocenters. The van der Waals surface area contributed by atoms with Crippen LogP contribution < -0.4 is 5.73 Å². The molecule has 1 aliphatic heterocycles. The number of carbonyl (C=O) groups excluding carboxylic acids is 1.